The third kappa shape index (κ3) is 5.55. The standard InChI is InChI=1S/C51H34N4S/c1-3-13-34(14-4-1)45-32-46(53-50(52-45)35-15-5-2-6-16-35)41-30-29-38(39-17-7-8-18-40(39)41)33-23-26-37(27-24-33)55-47-21-11-9-19-42(47)43-28-25-36(31-48(43)55)51-54-44-20-10-12-22-49(44)56-51/h1-32,51,54H. The molecule has 0 fully saturated rings. The number of benzene rings is 8. The van der Waals surface area contributed by atoms with Crippen molar-refractivity contribution < 1.29 is 0 Å². The van der Waals surface area contributed by atoms with Gasteiger partial charge >= 0.3 is 0 Å². The van der Waals surface area contributed by atoms with Gasteiger partial charge in [-0.05, 0) is 69.9 Å². The van der Waals surface area contributed by atoms with E-state index >= 15 is 0 Å². The quantitative estimate of drug-likeness (QED) is 0.185. The predicted molar refractivity (Wildman–Crippen MR) is 234 cm³/mol. The van der Waals surface area contributed by atoms with E-state index in [0.717, 1.165) is 39.2 Å². The number of fused-ring (bicyclic) bond motifs is 5. The van der Waals surface area contributed by atoms with Gasteiger partial charge in [0.1, 0.15) is 5.37 Å². The van der Waals surface area contributed by atoms with Crippen LogP contribution < -0.4 is 5.32 Å². The predicted octanol–water partition coefficient (Wildman–Crippen LogP) is 13.6. The third-order valence-electron chi connectivity index (χ3n) is 10.9. The molecule has 2 aromatic heterocycles. The minimum Gasteiger partial charge on any atom is -0.368 e. The topological polar surface area (TPSA) is 42.7 Å². The number of thioether (sulfide) groups is 1. The number of aromatic nitrogens is 3. The molecular formula is C51H34N4S. The Kier molecular flexibility index (Phi) is 7.78. The van der Waals surface area contributed by atoms with Crippen molar-refractivity contribution in [1.82, 2.24) is 14.5 Å². The van der Waals surface area contributed by atoms with Crippen LogP contribution in [0.25, 0.3) is 83.3 Å². The summed E-state index contributed by atoms with van der Waals surface area (Å²) in [5.74, 6) is 0.714. The highest BCUT2D eigenvalue weighted by Gasteiger charge is 2.24. The minimum atomic E-state index is 0.166. The lowest BCUT2D eigenvalue weighted by atomic mass is 9.93. The number of nitrogens with one attached hydrogen (secondary N) is 1. The summed E-state index contributed by atoms with van der Waals surface area (Å²) in [5.41, 5.74) is 13.3. The number of nitrogens with zero attached hydrogens (tertiary/aromatic N) is 3. The molecule has 3 heterocycles. The van der Waals surface area contributed by atoms with E-state index in [9.17, 15) is 0 Å². The maximum absolute atomic E-state index is 5.16. The van der Waals surface area contributed by atoms with E-state index in [1.165, 1.54) is 54.5 Å². The first kappa shape index (κ1) is 32.5. The average molecular weight is 735 g/mol. The molecule has 5 heteroatoms. The van der Waals surface area contributed by atoms with Crippen LogP contribution in [0.5, 0.6) is 0 Å². The van der Waals surface area contributed by atoms with Gasteiger partial charge in [-0.2, -0.15) is 0 Å². The molecule has 1 aliphatic heterocycles. The molecule has 0 amide bonds. The lowest BCUT2D eigenvalue weighted by Crippen LogP contribution is -2.01. The normalized spacial score (nSPS) is 13.6. The minimum absolute atomic E-state index is 0.166. The van der Waals surface area contributed by atoms with Gasteiger partial charge in [-0.1, -0.05) is 163 Å². The van der Waals surface area contributed by atoms with Gasteiger partial charge < -0.3 is 9.88 Å². The van der Waals surface area contributed by atoms with Crippen molar-refractivity contribution in [3.8, 4) is 50.7 Å². The summed E-state index contributed by atoms with van der Waals surface area (Å²) < 4.78 is 2.41. The van der Waals surface area contributed by atoms with Crippen molar-refractivity contribution in [2.75, 3.05) is 5.32 Å². The van der Waals surface area contributed by atoms with E-state index in [1.807, 2.05) is 36.0 Å². The number of rotatable bonds is 6. The lowest BCUT2D eigenvalue weighted by Gasteiger charge is -2.15. The van der Waals surface area contributed by atoms with Gasteiger partial charge in [-0.25, -0.2) is 9.97 Å². The fourth-order valence-corrected chi connectivity index (χ4v) is 9.32. The molecule has 0 aliphatic carbocycles. The van der Waals surface area contributed by atoms with Crippen LogP contribution in [0.15, 0.2) is 199 Å². The molecule has 0 saturated carbocycles. The molecule has 10 aromatic rings. The van der Waals surface area contributed by atoms with Crippen LogP contribution >= 0.6 is 11.8 Å². The third-order valence-corrected chi connectivity index (χ3v) is 12.1. The molecule has 11 rings (SSSR count). The number of hydrogen-bond donors (Lipinski definition) is 1. The molecule has 1 atom stereocenters. The Balaban J connectivity index is 1.00. The first-order valence-electron chi connectivity index (χ1n) is 18.9. The van der Waals surface area contributed by atoms with Crippen molar-refractivity contribution in [3.63, 3.8) is 0 Å². The first-order valence-corrected chi connectivity index (χ1v) is 19.8. The molecule has 4 nitrogen and oxygen atoms in total. The van der Waals surface area contributed by atoms with Crippen LogP contribution in [0, 0.1) is 0 Å². The highest BCUT2D eigenvalue weighted by Crippen LogP contribution is 2.47. The van der Waals surface area contributed by atoms with E-state index < -0.39 is 0 Å². The van der Waals surface area contributed by atoms with Crippen LogP contribution in [0.1, 0.15) is 10.9 Å². The number of anilines is 1. The maximum Gasteiger partial charge on any atom is 0.160 e. The fourth-order valence-electron chi connectivity index (χ4n) is 8.19. The molecule has 1 N–H and O–H groups in total. The summed E-state index contributed by atoms with van der Waals surface area (Å²) in [7, 11) is 0. The Labute approximate surface area is 329 Å². The van der Waals surface area contributed by atoms with E-state index in [-0.39, 0.29) is 5.37 Å². The van der Waals surface area contributed by atoms with Gasteiger partial charge in [0, 0.05) is 43.7 Å². The largest absolute Gasteiger partial charge is 0.368 e. The summed E-state index contributed by atoms with van der Waals surface area (Å²) in [6, 6.07) is 69.1. The number of para-hydroxylation sites is 2. The fraction of sp³-hybridized carbons (Fsp3) is 0.0196. The van der Waals surface area contributed by atoms with Crippen molar-refractivity contribution in [2.24, 2.45) is 0 Å². The molecule has 0 saturated heterocycles. The summed E-state index contributed by atoms with van der Waals surface area (Å²) in [5, 5.41) is 8.74. The molecule has 1 aliphatic rings. The molecular weight excluding hydrogens is 701 g/mol. The average Bonchev–Trinajstić information content (AvgIpc) is 3.86. The SMILES string of the molecule is c1ccc(-c2cc(-c3ccc(-c4ccc(-n5c6ccccc6c6ccc(C7Nc8ccccc8S7)cc65)cc4)c4ccccc34)nc(-c3ccccc3)n2)cc1. The van der Waals surface area contributed by atoms with Gasteiger partial charge in [0.25, 0.3) is 0 Å². The first-order chi connectivity index (χ1) is 27.7. The van der Waals surface area contributed by atoms with E-state index in [0.29, 0.717) is 5.82 Å². The van der Waals surface area contributed by atoms with Crippen LogP contribution in [-0.4, -0.2) is 14.5 Å². The maximum atomic E-state index is 5.16. The Bertz CT molecular complexity index is 3000. The summed E-state index contributed by atoms with van der Waals surface area (Å²) in [4.78, 5) is 11.5. The van der Waals surface area contributed by atoms with Crippen molar-refractivity contribution >= 4 is 50.0 Å². The van der Waals surface area contributed by atoms with Gasteiger partial charge in [0.2, 0.25) is 0 Å². The van der Waals surface area contributed by atoms with Crippen molar-refractivity contribution in [2.45, 2.75) is 10.3 Å². The summed E-state index contributed by atoms with van der Waals surface area (Å²) in [6.07, 6.45) is 0. The van der Waals surface area contributed by atoms with Crippen LogP contribution in [0.3, 0.4) is 0 Å². The zero-order valence-corrected chi connectivity index (χ0v) is 31.1. The monoisotopic (exact) mass is 734 g/mol. The van der Waals surface area contributed by atoms with Gasteiger partial charge in [-0.3, -0.25) is 0 Å². The molecule has 0 radical (unpaired) electrons. The van der Waals surface area contributed by atoms with E-state index in [4.69, 9.17) is 9.97 Å². The Hall–Kier alpha value is -6.95. The zero-order valence-electron chi connectivity index (χ0n) is 30.3. The Morgan fingerprint density at radius 1 is 0.446 bits per heavy atom. The molecule has 264 valence electrons. The summed E-state index contributed by atoms with van der Waals surface area (Å²) in [6.45, 7) is 0. The van der Waals surface area contributed by atoms with Crippen LogP contribution in [0.2, 0.25) is 0 Å². The van der Waals surface area contributed by atoms with Crippen LogP contribution in [0.4, 0.5) is 5.69 Å². The Morgan fingerprint density at radius 3 is 1.86 bits per heavy atom. The molecule has 8 aromatic carbocycles. The highest BCUT2D eigenvalue weighted by atomic mass is 32.2. The smallest absolute Gasteiger partial charge is 0.160 e. The van der Waals surface area contributed by atoms with Crippen molar-refractivity contribution in [3.05, 3.63) is 200 Å². The second kappa shape index (κ2) is 13.4. The van der Waals surface area contributed by atoms with Gasteiger partial charge in [0.05, 0.1) is 22.4 Å². The Morgan fingerprint density at radius 2 is 1.07 bits per heavy atom. The number of hydrogen-bond acceptors (Lipinski definition) is 4. The zero-order chi connectivity index (χ0) is 37.0. The molecule has 0 bridgehead atoms. The van der Waals surface area contributed by atoms with Gasteiger partial charge in [-0.15, -0.1) is 0 Å². The van der Waals surface area contributed by atoms with Crippen molar-refractivity contribution in [1.29, 1.82) is 0 Å². The lowest BCUT2D eigenvalue weighted by molar-refractivity contribution is 1.12. The molecule has 0 spiro atoms. The summed E-state index contributed by atoms with van der Waals surface area (Å²) >= 11 is 1.88. The molecule has 1 unspecified atom stereocenters. The van der Waals surface area contributed by atoms with E-state index in [1.54, 1.807) is 0 Å². The van der Waals surface area contributed by atoms with E-state index in [2.05, 4.69) is 180 Å². The van der Waals surface area contributed by atoms with Gasteiger partial charge in [0.15, 0.2) is 5.82 Å². The highest BCUT2D eigenvalue weighted by molar-refractivity contribution is 8.00. The second-order valence-corrected chi connectivity index (χ2v) is 15.4. The molecule has 56 heavy (non-hydrogen) atoms. The van der Waals surface area contributed by atoms with Crippen LogP contribution in [-0.2, 0) is 0 Å². The second-order valence-electron chi connectivity index (χ2n) is 14.2.